The molecule has 5 atom stereocenters. The van der Waals surface area contributed by atoms with Crippen LogP contribution >= 0.6 is 11.6 Å². The fourth-order valence-corrected chi connectivity index (χ4v) is 7.71. The number of aliphatic imine (C=N–C) groups is 1. The Labute approximate surface area is 375 Å². The SMILES string of the molecule is CCCCCCN(CCCCCCc1ccc(NC(=O)[C@@H](N)Cc2ccc(CCCCN=C(N)c3ncc(Cl)nc3C(N)=O)c3ccccc23)cc1)C[C@H](O)[C@@H](O)[C@H](O)[C@H](O)CO. The molecule has 16 heteroatoms. The number of carbonyl (C=O) groups excluding carboxylic acids is 2. The monoisotopic (exact) mass is 890 g/mol. The number of benzene rings is 3. The van der Waals surface area contributed by atoms with E-state index in [2.05, 4.69) is 50.3 Å². The van der Waals surface area contributed by atoms with Crippen LogP contribution in [0.4, 0.5) is 5.69 Å². The Kier molecular flexibility index (Phi) is 21.8. The number of amidine groups is 1. The van der Waals surface area contributed by atoms with E-state index in [-0.39, 0.29) is 34.8 Å². The zero-order valence-electron chi connectivity index (χ0n) is 36.4. The van der Waals surface area contributed by atoms with Crippen LogP contribution in [0.1, 0.15) is 104 Å². The molecule has 0 aliphatic heterocycles. The second kappa shape index (κ2) is 26.9. The van der Waals surface area contributed by atoms with E-state index in [1.165, 1.54) is 17.3 Å². The Hall–Kier alpha value is -4.58. The van der Waals surface area contributed by atoms with Gasteiger partial charge in [-0.2, -0.15) is 0 Å². The Morgan fingerprint density at radius 1 is 0.778 bits per heavy atom. The number of aliphatic hydroxyl groups excluding tert-OH is 5. The van der Waals surface area contributed by atoms with E-state index in [9.17, 15) is 30.0 Å². The van der Waals surface area contributed by atoms with E-state index in [1.807, 2.05) is 42.5 Å². The number of nitrogens with two attached hydrogens (primary N) is 3. The molecule has 2 amide bonds. The van der Waals surface area contributed by atoms with E-state index < -0.39 is 43.0 Å². The Balaban J connectivity index is 1.20. The van der Waals surface area contributed by atoms with Crippen molar-refractivity contribution in [3.8, 4) is 0 Å². The first kappa shape index (κ1) is 51.1. The molecule has 63 heavy (non-hydrogen) atoms. The molecule has 344 valence electrons. The van der Waals surface area contributed by atoms with E-state index >= 15 is 0 Å². The standard InChI is InChI=1S/C47H67ClN8O7/c1-2-3-4-12-25-56(29-38(58)43(60)44(61)39(59)30-57)26-13-6-5-7-14-31-18-22-34(23-19-31)54-47(63)37(49)27-33-21-20-32(35-16-8-9-17-36(33)35)15-10-11-24-52-45(50)41-42(46(51)62)55-40(48)28-53-41/h8-9,16-23,28,37-39,43-44,57-61H,2-7,10-15,24-27,29-30,49H2,1H3,(H2,50,52)(H2,51,62)(H,54,63)/t37-,38-,39+,43+,44+/m0/s1. The van der Waals surface area contributed by atoms with Crippen molar-refractivity contribution in [1.29, 1.82) is 0 Å². The molecule has 0 spiro atoms. The molecule has 4 aromatic rings. The molecular weight excluding hydrogens is 824 g/mol. The maximum atomic E-state index is 13.2. The highest BCUT2D eigenvalue weighted by Crippen LogP contribution is 2.26. The summed E-state index contributed by atoms with van der Waals surface area (Å²) >= 11 is 5.85. The summed E-state index contributed by atoms with van der Waals surface area (Å²) in [6, 6.07) is 19.3. The predicted octanol–water partition coefficient (Wildman–Crippen LogP) is 4.04. The molecule has 0 aliphatic carbocycles. The number of anilines is 1. The number of aromatic nitrogens is 2. The third-order valence-electron chi connectivity index (χ3n) is 11.2. The highest BCUT2D eigenvalue weighted by molar-refractivity contribution is 6.29. The van der Waals surface area contributed by atoms with Crippen LogP contribution < -0.4 is 22.5 Å². The van der Waals surface area contributed by atoms with Crippen molar-refractivity contribution >= 4 is 45.7 Å². The van der Waals surface area contributed by atoms with E-state index in [0.717, 1.165) is 106 Å². The number of nitrogens with zero attached hydrogens (tertiary/aromatic N) is 4. The maximum absolute atomic E-state index is 13.2. The highest BCUT2D eigenvalue weighted by atomic mass is 35.5. The molecule has 0 saturated heterocycles. The number of hydrogen-bond acceptors (Lipinski definition) is 12. The molecule has 15 nitrogen and oxygen atoms in total. The molecular formula is C47H67ClN8O7. The predicted molar refractivity (Wildman–Crippen MR) is 249 cm³/mol. The van der Waals surface area contributed by atoms with Gasteiger partial charge in [-0.25, -0.2) is 9.97 Å². The second-order valence-corrected chi connectivity index (χ2v) is 16.6. The molecule has 1 heterocycles. The van der Waals surface area contributed by atoms with E-state index in [1.54, 1.807) is 0 Å². The smallest absolute Gasteiger partial charge is 0.269 e. The van der Waals surface area contributed by atoms with Crippen LogP contribution in [0.5, 0.6) is 0 Å². The van der Waals surface area contributed by atoms with Gasteiger partial charge in [0.15, 0.2) is 5.69 Å². The number of primary amides is 1. The van der Waals surface area contributed by atoms with Gasteiger partial charge >= 0.3 is 0 Å². The Morgan fingerprint density at radius 3 is 2.06 bits per heavy atom. The van der Waals surface area contributed by atoms with Gasteiger partial charge in [0, 0.05) is 18.8 Å². The summed E-state index contributed by atoms with van der Waals surface area (Å²) in [5.41, 5.74) is 22.0. The third kappa shape index (κ3) is 16.5. The van der Waals surface area contributed by atoms with Crippen molar-refractivity contribution < 1.29 is 35.1 Å². The minimum atomic E-state index is -1.63. The Bertz CT molecular complexity index is 2060. The van der Waals surface area contributed by atoms with Gasteiger partial charge in [0.2, 0.25) is 5.91 Å². The molecule has 1 aromatic heterocycles. The van der Waals surface area contributed by atoms with Gasteiger partial charge in [0.25, 0.3) is 5.91 Å². The van der Waals surface area contributed by atoms with Crippen LogP contribution in [0.3, 0.4) is 0 Å². The number of unbranched alkanes of at least 4 members (excludes halogenated alkanes) is 7. The summed E-state index contributed by atoms with van der Waals surface area (Å²) in [6.07, 6.45) is 7.21. The maximum Gasteiger partial charge on any atom is 0.269 e. The first-order valence-electron chi connectivity index (χ1n) is 22.2. The number of hydrogen-bond donors (Lipinski definition) is 9. The normalized spacial score (nSPS) is 14.4. The molecule has 4 rings (SSSR count). The summed E-state index contributed by atoms with van der Waals surface area (Å²) in [5.74, 6) is -0.974. The van der Waals surface area contributed by atoms with E-state index in [0.29, 0.717) is 18.7 Å². The molecule has 0 aliphatic rings. The quantitative estimate of drug-likeness (QED) is 0.0213. The fourth-order valence-electron chi connectivity index (χ4n) is 7.58. The van der Waals surface area contributed by atoms with Crippen molar-refractivity contribution in [2.75, 3.05) is 38.1 Å². The minimum absolute atomic E-state index is 0.0370. The average Bonchev–Trinajstić information content (AvgIpc) is 3.28. The third-order valence-corrected chi connectivity index (χ3v) is 11.4. The Morgan fingerprint density at radius 2 is 1.40 bits per heavy atom. The van der Waals surface area contributed by atoms with Gasteiger partial charge in [0.05, 0.1) is 24.9 Å². The van der Waals surface area contributed by atoms with Crippen molar-refractivity contribution in [2.24, 2.45) is 22.2 Å². The summed E-state index contributed by atoms with van der Waals surface area (Å²) in [5, 5.41) is 54.9. The number of halogens is 1. The number of nitrogens with one attached hydrogen (secondary N) is 1. The molecule has 0 bridgehead atoms. The summed E-state index contributed by atoms with van der Waals surface area (Å²) < 4.78 is 0. The van der Waals surface area contributed by atoms with Gasteiger partial charge in [-0.15, -0.1) is 0 Å². The molecule has 0 saturated carbocycles. The first-order chi connectivity index (χ1) is 30.3. The zero-order valence-corrected chi connectivity index (χ0v) is 37.2. The molecule has 0 unspecified atom stereocenters. The van der Waals surface area contributed by atoms with Crippen LogP contribution in [0.25, 0.3) is 10.8 Å². The molecule has 3 aromatic carbocycles. The number of aliphatic hydroxyl groups is 5. The van der Waals surface area contributed by atoms with Crippen LogP contribution in [-0.4, -0.2) is 121 Å². The van der Waals surface area contributed by atoms with Gasteiger partial charge < -0.3 is 53.0 Å². The summed E-state index contributed by atoms with van der Waals surface area (Å²) in [4.78, 5) is 39.5. The van der Waals surface area contributed by atoms with Gasteiger partial charge in [-0.3, -0.25) is 14.6 Å². The van der Waals surface area contributed by atoms with Crippen molar-refractivity contribution in [3.05, 3.63) is 100 Å². The zero-order chi connectivity index (χ0) is 45.7. The van der Waals surface area contributed by atoms with Crippen LogP contribution in [-0.2, 0) is 24.1 Å². The molecule has 12 N–H and O–H groups in total. The van der Waals surface area contributed by atoms with Gasteiger partial charge in [0.1, 0.15) is 35.0 Å². The lowest BCUT2D eigenvalue weighted by Gasteiger charge is -2.30. The van der Waals surface area contributed by atoms with Gasteiger partial charge in [-0.1, -0.05) is 99.2 Å². The number of fused-ring (bicyclic) bond motifs is 1. The first-order valence-corrected chi connectivity index (χ1v) is 22.5. The van der Waals surface area contributed by atoms with Crippen LogP contribution in [0.2, 0.25) is 5.15 Å². The molecule has 0 radical (unpaired) electrons. The van der Waals surface area contributed by atoms with E-state index in [4.69, 9.17) is 33.9 Å². The lowest BCUT2D eigenvalue weighted by molar-refractivity contribution is -0.119. The average molecular weight is 892 g/mol. The highest BCUT2D eigenvalue weighted by Gasteiger charge is 2.31. The second-order valence-electron chi connectivity index (χ2n) is 16.2. The fraction of sp³-hybridized carbons (Fsp3) is 0.511. The number of rotatable bonds is 29. The van der Waals surface area contributed by atoms with Crippen LogP contribution in [0, 0.1) is 0 Å². The largest absolute Gasteiger partial charge is 0.394 e. The van der Waals surface area contributed by atoms with Gasteiger partial charge in [-0.05, 0) is 104 Å². The minimum Gasteiger partial charge on any atom is -0.394 e. The topological polar surface area (TPSA) is 267 Å². The van der Waals surface area contributed by atoms with Crippen LogP contribution in [0.15, 0.2) is 71.9 Å². The van der Waals surface area contributed by atoms with Crippen molar-refractivity contribution in [2.45, 2.75) is 121 Å². The number of aryl methyl sites for hydroxylation is 2. The molecule has 0 fully saturated rings. The van der Waals surface area contributed by atoms with Crippen molar-refractivity contribution in [1.82, 2.24) is 14.9 Å². The number of carbonyl (C=O) groups is 2. The van der Waals surface area contributed by atoms with Crippen molar-refractivity contribution in [3.63, 3.8) is 0 Å². The summed E-state index contributed by atoms with van der Waals surface area (Å²) in [6.45, 7) is 3.56. The lowest BCUT2D eigenvalue weighted by Crippen LogP contribution is -2.50. The number of amides is 2. The lowest BCUT2D eigenvalue weighted by atomic mass is 9.93. The summed E-state index contributed by atoms with van der Waals surface area (Å²) in [7, 11) is 0.